The number of hydrogen-bond acceptors (Lipinski definition) is 4. The first-order valence-corrected chi connectivity index (χ1v) is 9.46. The summed E-state index contributed by atoms with van der Waals surface area (Å²) in [5.41, 5.74) is 0. The van der Waals surface area contributed by atoms with Crippen LogP contribution in [0.4, 0.5) is 0 Å². The molecule has 0 amide bonds. The van der Waals surface area contributed by atoms with E-state index in [0.29, 0.717) is 31.2 Å². The predicted octanol–water partition coefficient (Wildman–Crippen LogP) is 3.91. The van der Waals surface area contributed by atoms with Crippen molar-refractivity contribution in [3.05, 3.63) is 48.5 Å². The molecule has 0 N–H and O–H groups in total. The van der Waals surface area contributed by atoms with Crippen molar-refractivity contribution >= 4 is 10.0 Å². The molecule has 0 aliphatic carbocycles. The smallest absolute Gasteiger partial charge is 0.243 e. The molecule has 0 atom stereocenters. The molecular formula is C18H23NO4S. The Kier molecular flexibility index (Phi) is 6.23. The lowest BCUT2D eigenvalue weighted by molar-refractivity contribution is 0.339. The molecule has 0 saturated heterocycles. The highest BCUT2D eigenvalue weighted by atomic mass is 32.2. The van der Waals surface area contributed by atoms with E-state index < -0.39 is 10.0 Å². The Morgan fingerprint density at radius 1 is 0.792 bits per heavy atom. The topological polar surface area (TPSA) is 55.8 Å². The third kappa shape index (κ3) is 4.27. The molecular weight excluding hydrogens is 326 g/mol. The molecule has 0 heterocycles. The Morgan fingerprint density at radius 2 is 1.25 bits per heavy atom. The largest absolute Gasteiger partial charge is 0.494 e. The van der Waals surface area contributed by atoms with Crippen LogP contribution in [-0.4, -0.2) is 32.4 Å². The van der Waals surface area contributed by atoms with E-state index in [1.54, 1.807) is 24.3 Å². The normalized spacial score (nSPS) is 11.5. The van der Waals surface area contributed by atoms with Crippen LogP contribution in [0.3, 0.4) is 0 Å². The molecule has 0 aliphatic heterocycles. The van der Waals surface area contributed by atoms with Crippen LogP contribution in [-0.2, 0) is 10.0 Å². The third-order valence-electron chi connectivity index (χ3n) is 3.54. The number of nitrogens with zero attached hydrogens (tertiary/aromatic N) is 1. The van der Waals surface area contributed by atoms with Crippen LogP contribution in [0.1, 0.15) is 20.8 Å². The molecule has 2 aromatic rings. The van der Waals surface area contributed by atoms with Gasteiger partial charge in [-0.2, -0.15) is 4.31 Å². The van der Waals surface area contributed by atoms with Crippen molar-refractivity contribution in [2.75, 3.05) is 19.7 Å². The van der Waals surface area contributed by atoms with E-state index >= 15 is 0 Å². The molecule has 5 nitrogen and oxygen atoms in total. The highest BCUT2D eigenvalue weighted by Crippen LogP contribution is 2.25. The zero-order chi connectivity index (χ0) is 17.6. The van der Waals surface area contributed by atoms with Gasteiger partial charge in [-0.15, -0.1) is 0 Å². The van der Waals surface area contributed by atoms with Gasteiger partial charge in [0, 0.05) is 13.1 Å². The van der Waals surface area contributed by atoms with E-state index in [-0.39, 0.29) is 4.90 Å². The monoisotopic (exact) mass is 349 g/mol. The fourth-order valence-corrected chi connectivity index (χ4v) is 3.76. The minimum absolute atomic E-state index is 0.269. The summed E-state index contributed by atoms with van der Waals surface area (Å²) in [6.07, 6.45) is 0. The molecule has 0 aromatic heterocycles. The van der Waals surface area contributed by atoms with Crippen molar-refractivity contribution in [1.29, 1.82) is 0 Å². The van der Waals surface area contributed by atoms with Gasteiger partial charge in [0.2, 0.25) is 10.0 Å². The van der Waals surface area contributed by atoms with Gasteiger partial charge in [-0.3, -0.25) is 0 Å². The van der Waals surface area contributed by atoms with Crippen molar-refractivity contribution in [2.24, 2.45) is 0 Å². The highest BCUT2D eigenvalue weighted by molar-refractivity contribution is 7.89. The van der Waals surface area contributed by atoms with Gasteiger partial charge in [-0.25, -0.2) is 8.42 Å². The van der Waals surface area contributed by atoms with Crippen molar-refractivity contribution in [3.63, 3.8) is 0 Å². The van der Waals surface area contributed by atoms with Crippen molar-refractivity contribution in [3.8, 4) is 17.2 Å². The Hall–Kier alpha value is -2.05. The summed E-state index contributed by atoms with van der Waals surface area (Å²) in [7, 11) is -3.44. The molecule has 6 heteroatoms. The number of benzene rings is 2. The lowest BCUT2D eigenvalue weighted by Gasteiger charge is -2.18. The average Bonchev–Trinajstić information content (AvgIpc) is 2.58. The third-order valence-corrected chi connectivity index (χ3v) is 5.60. The second kappa shape index (κ2) is 8.17. The van der Waals surface area contributed by atoms with E-state index in [1.165, 1.54) is 4.31 Å². The van der Waals surface area contributed by atoms with Crippen LogP contribution < -0.4 is 9.47 Å². The second-order valence-electron chi connectivity index (χ2n) is 5.07. The van der Waals surface area contributed by atoms with E-state index in [0.717, 1.165) is 5.75 Å². The summed E-state index contributed by atoms with van der Waals surface area (Å²) in [4.78, 5) is 0.269. The average molecular weight is 349 g/mol. The molecule has 0 bridgehead atoms. The molecule has 0 saturated carbocycles. The van der Waals surface area contributed by atoms with E-state index in [9.17, 15) is 8.42 Å². The first kappa shape index (κ1) is 18.3. The summed E-state index contributed by atoms with van der Waals surface area (Å²) >= 11 is 0. The molecule has 0 spiro atoms. The van der Waals surface area contributed by atoms with Crippen LogP contribution in [0.2, 0.25) is 0 Å². The van der Waals surface area contributed by atoms with E-state index in [2.05, 4.69) is 0 Å². The van der Waals surface area contributed by atoms with Gasteiger partial charge in [-0.05, 0) is 55.5 Å². The first-order valence-electron chi connectivity index (χ1n) is 8.02. The second-order valence-corrected chi connectivity index (χ2v) is 7.01. The maximum Gasteiger partial charge on any atom is 0.243 e. The number of hydrogen-bond donors (Lipinski definition) is 0. The molecule has 2 aromatic carbocycles. The molecule has 24 heavy (non-hydrogen) atoms. The predicted molar refractivity (Wildman–Crippen MR) is 94.2 cm³/mol. The Labute approximate surface area is 143 Å². The van der Waals surface area contributed by atoms with Crippen LogP contribution in [0.5, 0.6) is 17.2 Å². The Bertz CT molecular complexity index is 736. The summed E-state index contributed by atoms with van der Waals surface area (Å²) in [5, 5.41) is 0. The van der Waals surface area contributed by atoms with Crippen molar-refractivity contribution in [2.45, 2.75) is 25.7 Å². The van der Waals surface area contributed by atoms with Gasteiger partial charge in [-0.1, -0.05) is 13.8 Å². The molecule has 0 aliphatic rings. The minimum atomic E-state index is -3.44. The molecule has 0 radical (unpaired) electrons. The van der Waals surface area contributed by atoms with Crippen LogP contribution in [0.25, 0.3) is 0 Å². The van der Waals surface area contributed by atoms with Crippen LogP contribution in [0, 0.1) is 0 Å². The van der Waals surface area contributed by atoms with Gasteiger partial charge in [0.25, 0.3) is 0 Å². The lowest BCUT2D eigenvalue weighted by Crippen LogP contribution is -2.30. The fraction of sp³-hybridized carbons (Fsp3) is 0.333. The van der Waals surface area contributed by atoms with E-state index in [1.807, 2.05) is 45.0 Å². The molecule has 130 valence electrons. The quantitative estimate of drug-likeness (QED) is 0.725. The lowest BCUT2D eigenvalue weighted by atomic mass is 10.3. The number of sulfonamides is 1. The number of ether oxygens (including phenoxy) is 2. The zero-order valence-electron chi connectivity index (χ0n) is 14.2. The maximum atomic E-state index is 12.4. The standard InChI is InChI=1S/C18H23NO4S/c1-4-19(5-2)24(20,21)18-13-11-17(12-14-18)23-16-9-7-15(8-10-16)22-6-3/h7-14H,4-6H2,1-3H3. The van der Waals surface area contributed by atoms with Crippen LogP contribution >= 0.6 is 0 Å². The van der Waals surface area contributed by atoms with Gasteiger partial charge in [0.15, 0.2) is 0 Å². The van der Waals surface area contributed by atoms with Gasteiger partial charge in [0.05, 0.1) is 11.5 Å². The summed E-state index contributed by atoms with van der Waals surface area (Å²) in [5.74, 6) is 2.03. The summed E-state index contributed by atoms with van der Waals surface area (Å²) in [6, 6.07) is 13.7. The van der Waals surface area contributed by atoms with Gasteiger partial charge < -0.3 is 9.47 Å². The Morgan fingerprint density at radius 3 is 1.71 bits per heavy atom. The molecule has 2 rings (SSSR count). The SMILES string of the molecule is CCOc1ccc(Oc2ccc(S(=O)(=O)N(CC)CC)cc2)cc1. The molecule has 0 fully saturated rings. The Balaban J connectivity index is 2.12. The minimum Gasteiger partial charge on any atom is -0.494 e. The molecule has 0 unspecified atom stereocenters. The van der Waals surface area contributed by atoms with E-state index in [4.69, 9.17) is 9.47 Å². The fourth-order valence-electron chi connectivity index (χ4n) is 2.30. The maximum absolute atomic E-state index is 12.4. The van der Waals surface area contributed by atoms with Crippen molar-refractivity contribution in [1.82, 2.24) is 4.31 Å². The summed E-state index contributed by atoms with van der Waals surface area (Å²) < 4.78 is 37.4. The van der Waals surface area contributed by atoms with Gasteiger partial charge >= 0.3 is 0 Å². The zero-order valence-corrected chi connectivity index (χ0v) is 15.0. The van der Waals surface area contributed by atoms with Crippen LogP contribution in [0.15, 0.2) is 53.4 Å². The van der Waals surface area contributed by atoms with Gasteiger partial charge in [0.1, 0.15) is 17.2 Å². The number of rotatable bonds is 8. The van der Waals surface area contributed by atoms with Crippen molar-refractivity contribution < 1.29 is 17.9 Å². The first-order chi connectivity index (χ1) is 11.5. The highest BCUT2D eigenvalue weighted by Gasteiger charge is 2.21. The summed E-state index contributed by atoms with van der Waals surface area (Å²) in [6.45, 7) is 7.09.